The SMILES string of the molecule is C=CCNC(CC(=O)Nc1ccc(OCc2ccccc2)cc1)C(=O)O. The van der Waals surface area contributed by atoms with Gasteiger partial charge in [-0.3, -0.25) is 9.59 Å². The van der Waals surface area contributed by atoms with Crippen LogP contribution in [0.25, 0.3) is 0 Å². The zero-order chi connectivity index (χ0) is 18.8. The van der Waals surface area contributed by atoms with Crippen molar-refractivity contribution in [3.63, 3.8) is 0 Å². The second kappa shape index (κ2) is 10.0. The highest BCUT2D eigenvalue weighted by atomic mass is 16.5. The van der Waals surface area contributed by atoms with Crippen LogP contribution < -0.4 is 15.4 Å². The molecule has 0 aliphatic carbocycles. The van der Waals surface area contributed by atoms with E-state index in [2.05, 4.69) is 17.2 Å². The summed E-state index contributed by atoms with van der Waals surface area (Å²) >= 11 is 0. The van der Waals surface area contributed by atoms with Gasteiger partial charge >= 0.3 is 5.97 Å². The monoisotopic (exact) mass is 354 g/mol. The average Bonchev–Trinajstić information content (AvgIpc) is 2.65. The fourth-order valence-corrected chi connectivity index (χ4v) is 2.25. The molecule has 0 heterocycles. The molecule has 1 atom stereocenters. The Bertz CT molecular complexity index is 729. The smallest absolute Gasteiger partial charge is 0.321 e. The molecule has 2 aromatic carbocycles. The lowest BCUT2D eigenvalue weighted by Crippen LogP contribution is -2.39. The molecule has 0 radical (unpaired) electrons. The van der Waals surface area contributed by atoms with Gasteiger partial charge in [0.1, 0.15) is 18.4 Å². The molecule has 1 amide bonds. The number of hydrogen-bond donors (Lipinski definition) is 3. The summed E-state index contributed by atoms with van der Waals surface area (Å²) in [4.78, 5) is 23.1. The maximum Gasteiger partial charge on any atom is 0.321 e. The molecule has 2 rings (SSSR count). The van der Waals surface area contributed by atoms with Gasteiger partial charge in [0, 0.05) is 12.2 Å². The van der Waals surface area contributed by atoms with Gasteiger partial charge in [-0.05, 0) is 29.8 Å². The molecule has 2 aromatic rings. The highest BCUT2D eigenvalue weighted by Crippen LogP contribution is 2.17. The van der Waals surface area contributed by atoms with Gasteiger partial charge in [0.2, 0.25) is 5.91 Å². The number of aliphatic carboxylic acids is 1. The first kappa shape index (κ1) is 19.2. The molecule has 136 valence electrons. The summed E-state index contributed by atoms with van der Waals surface area (Å²) in [6.07, 6.45) is 1.37. The van der Waals surface area contributed by atoms with Gasteiger partial charge in [0.15, 0.2) is 0 Å². The molecular weight excluding hydrogens is 332 g/mol. The quantitative estimate of drug-likeness (QED) is 0.571. The van der Waals surface area contributed by atoms with Crippen LogP contribution in [0.2, 0.25) is 0 Å². The largest absolute Gasteiger partial charge is 0.489 e. The van der Waals surface area contributed by atoms with Gasteiger partial charge in [-0.2, -0.15) is 0 Å². The molecule has 0 aliphatic rings. The molecule has 0 bridgehead atoms. The molecule has 0 saturated heterocycles. The first-order chi connectivity index (χ1) is 12.6. The van der Waals surface area contributed by atoms with Crippen molar-refractivity contribution in [2.45, 2.75) is 19.1 Å². The van der Waals surface area contributed by atoms with Crippen molar-refractivity contribution in [3.8, 4) is 5.75 Å². The molecule has 0 spiro atoms. The van der Waals surface area contributed by atoms with Crippen molar-refractivity contribution in [3.05, 3.63) is 72.8 Å². The van der Waals surface area contributed by atoms with Gasteiger partial charge in [0.05, 0.1) is 6.42 Å². The lowest BCUT2D eigenvalue weighted by molar-refractivity contribution is -0.140. The molecule has 26 heavy (non-hydrogen) atoms. The van der Waals surface area contributed by atoms with Crippen molar-refractivity contribution >= 4 is 17.6 Å². The van der Waals surface area contributed by atoms with E-state index in [0.717, 1.165) is 5.56 Å². The van der Waals surface area contributed by atoms with Gasteiger partial charge < -0.3 is 20.5 Å². The maximum absolute atomic E-state index is 12.0. The number of carbonyl (C=O) groups is 2. The number of carboxylic acids is 1. The Hall–Kier alpha value is -3.12. The predicted molar refractivity (Wildman–Crippen MR) is 100 cm³/mol. The number of benzene rings is 2. The molecule has 3 N–H and O–H groups in total. The van der Waals surface area contributed by atoms with Gasteiger partial charge in [-0.1, -0.05) is 36.4 Å². The van der Waals surface area contributed by atoms with E-state index in [1.807, 2.05) is 30.3 Å². The Kier molecular flexibility index (Phi) is 7.39. The normalized spacial score (nSPS) is 11.4. The fourth-order valence-electron chi connectivity index (χ4n) is 2.25. The van der Waals surface area contributed by atoms with Crippen LogP contribution in [0.3, 0.4) is 0 Å². The summed E-state index contributed by atoms with van der Waals surface area (Å²) in [6.45, 7) is 4.29. The Morgan fingerprint density at radius 3 is 2.42 bits per heavy atom. The number of carboxylic acid groups (broad SMARTS) is 1. The zero-order valence-electron chi connectivity index (χ0n) is 14.4. The Balaban J connectivity index is 1.84. The molecule has 0 aromatic heterocycles. The van der Waals surface area contributed by atoms with Gasteiger partial charge in [0.25, 0.3) is 0 Å². The molecule has 0 aliphatic heterocycles. The minimum atomic E-state index is -1.08. The van der Waals surface area contributed by atoms with E-state index in [1.54, 1.807) is 30.3 Å². The topological polar surface area (TPSA) is 87.7 Å². The molecular formula is C20H22N2O4. The van der Waals surface area contributed by atoms with Crippen LogP contribution in [0.15, 0.2) is 67.3 Å². The lowest BCUT2D eigenvalue weighted by atomic mass is 10.2. The number of hydrogen-bond acceptors (Lipinski definition) is 4. The minimum Gasteiger partial charge on any atom is -0.489 e. The number of anilines is 1. The van der Waals surface area contributed by atoms with Crippen LogP contribution in [-0.2, 0) is 16.2 Å². The summed E-state index contributed by atoms with van der Waals surface area (Å²) in [7, 11) is 0. The number of amides is 1. The van der Waals surface area contributed by atoms with E-state index >= 15 is 0 Å². The van der Waals surface area contributed by atoms with Crippen LogP contribution in [0.1, 0.15) is 12.0 Å². The van der Waals surface area contributed by atoms with Crippen LogP contribution in [0.5, 0.6) is 5.75 Å². The Labute approximate surface area is 152 Å². The van der Waals surface area contributed by atoms with E-state index in [4.69, 9.17) is 9.84 Å². The number of carbonyl (C=O) groups excluding carboxylic acids is 1. The van der Waals surface area contributed by atoms with E-state index in [-0.39, 0.29) is 12.3 Å². The fraction of sp³-hybridized carbons (Fsp3) is 0.200. The molecule has 0 saturated carbocycles. The van der Waals surface area contributed by atoms with E-state index in [0.29, 0.717) is 24.6 Å². The van der Waals surface area contributed by atoms with E-state index in [1.165, 1.54) is 0 Å². The lowest BCUT2D eigenvalue weighted by Gasteiger charge is -2.13. The Morgan fingerprint density at radius 1 is 1.12 bits per heavy atom. The summed E-state index contributed by atoms with van der Waals surface area (Å²) in [6, 6.07) is 15.8. The number of rotatable bonds is 10. The first-order valence-electron chi connectivity index (χ1n) is 8.22. The van der Waals surface area contributed by atoms with E-state index < -0.39 is 12.0 Å². The second-order valence-electron chi connectivity index (χ2n) is 5.64. The van der Waals surface area contributed by atoms with Crippen LogP contribution >= 0.6 is 0 Å². The molecule has 1 unspecified atom stereocenters. The second-order valence-corrected chi connectivity index (χ2v) is 5.64. The van der Waals surface area contributed by atoms with Crippen molar-refractivity contribution < 1.29 is 19.4 Å². The third kappa shape index (κ3) is 6.41. The van der Waals surface area contributed by atoms with Crippen molar-refractivity contribution in [2.75, 3.05) is 11.9 Å². The van der Waals surface area contributed by atoms with Gasteiger partial charge in [-0.15, -0.1) is 6.58 Å². The van der Waals surface area contributed by atoms with Gasteiger partial charge in [-0.25, -0.2) is 0 Å². The van der Waals surface area contributed by atoms with Crippen LogP contribution in [0.4, 0.5) is 5.69 Å². The molecule has 0 fully saturated rings. The van der Waals surface area contributed by atoms with Crippen molar-refractivity contribution in [2.24, 2.45) is 0 Å². The van der Waals surface area contributed by atoms with Crippen molar-refractivity contribution in [1.82, 2.24) is 5.32 Å². The molecule has 6 heteroatoms. The number of ether oxygens (including phenoxy) is 1. The molecule has 6 nitrogen and oxygen atoms in total. The summed E-state index contributed by atoms with van der Waals surface area (Å²) < 4.78 is 5.68. The third-order valence-corrected chi connectivity index (χ3v) is 3.58. The van der Waals surface area contributed by atoms with E-state index in [9.17, 15) is 9.59 Å². The minimum absolute atomic E-state index is 0.171. The maximum atomic E-state index is 12.0. The highest BCUT2D eigenvalue weighted by Gasteiger charge is 2.20. The average molecular weight is 354 g/mol. The highest BCUT2D eigenvalue weighted by molar-refractivity contribution is 5.94. The number of nitrogens with one attached hydrogen (secondary N) is 2. The summed E-state index contributed by atoms with van der Waals surface area (Å²) in [5, 5.41) is 14.5. The van der Waals surface area contributed by atoms with Crippen molar-refractivity contribution in [1.29, 1.82) is 0 Å². The summed E-state index contributed by atoms with van der Waals surface area (Å²) in [5.74, 6) is -0.776. The van der Waals surface area contributed by atoms with Crippen LogP contribution in [0, 0.1) is 0 Å². The standard InChI is InChI=1S/C20H22N2O4/c1-2-12-21-18(20(24)25)13-19(23)22-16-8-10-17(11-9-16)26-14-15-6-4-3-5-7-15/h2-11,18,21H,1,12-14H2,(H,22,23)(H,24,25). The first-order valence-corrected chi connectivity index (χ1v) is 8.22. The third-order valence-electron chi connectivity index (χ3n) is 3.58. The predicted octanol–water partition coefficient (Wildman–Crippen LogP) is 2.82. The van der Waals surface area contributed by atoms with Crippen LogP contribution in [-0.4, -0.2) is 29.6 Å². The summed E-state index contributed by atoms with van der Waals surface area (Å²) in [5.41, 5.74) is 1.64. The zero-order valence-corrected chi connectivity index (χ0v) is 14.4. The Morgan fingerprint density at radius 2 is 1.81 bits per heavy atom.